The molecule has 1 aromatic heterocycles. The second-order valence-electron chi connectivity index (χ2n) is 4.28. The van der Waals surface area contributed by atoms with Gasteiger partial charge < -0.3 is 15.4 Å². The van der Waals surface area contributed by atoms with E-state index in [0.717, 1.165) is 44.8 Å². The molecular weight excluding hydrogens is 216 g/mol. The van der Waals surface area contributed by atoms with E-state index >= 15 is 0 Å². The predicted octanol–water partition coefficient (Wildman–Crippen LogP) is 0.811. The predicted molar refractivity (Wildman–Crippen MR) is 66.9 cm³/mol. The molecule has 2 rings (SSSR count). The number of rotatable bonds is 5. The summed E-state index contributed by atoms with van der Waals surface area (Å²) in [5, 5.41) is 8.02. The van der Waals surface area contributed by atoms with Crippen molar-refractivity contribution >= 4 is 5.82 Å². The third-order valence-electron chi connectivity index (χ3n) is 3.03. The van der Waals surface area contributed by atoms with Gasteiger partial charge in [-0.2, -0.15) is 5.10 Å². The third kappa shape index (κ3) is 3.64. The fraction of sp³-hybridized carbons (Fsp3) is 0.667. The smallest absolute Gasteiger partial charge is 0.151 e. The lowest BCUT2D eigenvalue weighted by atomic mass is 10.1. The molecular formula is C12H20N4O. The number of nitrogens with zero attached hydrogens (tertiary/aromatic N) is 3. The van der Waals surface area contributed by atoms with Gasteiger partial charge in [0.15, 0.2) is 5.82 Å². The van der Waals surface area contributed by atoms with Crippen LogP contribution in [0, 0.1) is 0 Å². The number of nitrogens with two attached hydrogens (primary N) is 1. The Bertz CT molecular complexity index is 312. The van der Waals surface area contributed by atoms with E-state index in [9.17, 15) is 0 Å². The largest absolute Gasteiger partial charge is 0.378 e. The fourth-order valence-electron chi connectivity index (χ4n) is 2.05. The summed E-state index contributed by atoms with van der Waals surface area (Å²) in [5.41, 5.74) is 5.44. The lowest BCUT2D eigenvalue weighted by Gasteiger charge is -2.32. The Balaban J connectivity index is 1.74. The summed E-state index contributed by atoms with van der Waals surface area (Å²) >= 11 is 0. The van der Waals surface area contributed by atoms with Crippen molar-refractivity contribution in [2.45, 2.75) is 25.4 Å². The van der Waals surface area contributed by atoms with Crippen molar-refractivity contribution in [3.8, 4) is 0 Å². The molecule has 5 heteroatoms. The Hall–Kier alpha value is -1.20. The van der Waals surface area contributed by atoms with Gasteiger partial charge in [-0.3, -0.25) is 0 Å². The first-order valence-electron chi connectivity index (χ1n) is 6.24. The second-order valence-corrected chi connectivity index (χ2v) is 4.28. The van der Waals surface area contributed by atoms with Crippen molar-refractivity contribution in [2.75, 3.05) is 31.1 Å². The molecule has 0 aliphatic carbocycles. The van der Waals surface area contributed by atoms with E-state index < -0.39 is 0 Å². The molecule has 5 nitrogen and oxygen atoms in total. The minimum atomic E-state index is 0.384. The molecule has 17 heavy (non-hydrogen) atoms. The molecule has 0 spiro atoms. The van der Waals surface area contributed by atoms with Crippen LogP contribution in [-0.4, -0.2) is 42.5 Å². The molecule has 0 saturated carbocycles. The molecule has 94 valence electrons. The lowest BCUT2D eigenvalue weighted by molar-refractivity contribution is 0.0365. The van der Waals surface area contributed by atoms with Crippen LogP contribution in [0.2, 0.25) is 0 Å². The molecule has 2 N–H and O–H groups in total. The van der Waals surface area contributed by atoms with Gasteiger partial charge >= 0.3 is 0 Å². The van der Waals surface area contributed by atoms with Crippen molar-refractivity contribution in [1.82, 2.24) is 10.2 Å². The van der Waals surface area contributed by atoms with E-state index in [1.165, 1.54) is 0 Å². The summed E-state index contributed by atoms with van der Waals surface area (Å²) in [5.74, 6) is 0.966. The zero-order valence-corrected chi connectivity index (χ0v) is 10.1. The van der Waals surface area contributed by atoms with E-state index in [2.05, 4.69) is 15.1 Å². The van der Waals surface area contributed by atoms with E-state index in [4.69, 9.17) is 10.5 Å². The number of aromatic nitrogens is 2. The molecule has 0 radical (unpaired) electrons. The normalized spacial score (nSPS) is 17.4. The van der Waals surface area contributed by atoms with Crippen LogP contribution in [-0.2, 0) is 4.74 Å². The number of hydrogen-bond acceptors (Lipinski definition) is 5. The average Bonchev–Trinajstić information content (AvgIpc) is 2.41. The number of hydrogen-bond donors (Lipinski definition) is 1. The second kappa shape index (κ2) is 6.51. The van der Waals surface area contributed by atoms with Crippen LogP contribution >= 0.6 is 0 Å². The molecule has 1 aliphatic rings. The quantitative estimate of drug-likeness (QED) is 0.766. The number of anilines is 1. The van der Waals surface area contributed by atoms with Crippen LogP contribution < -0.4 is 10.6 Å². The maximum Gasteiger partial charge on any atom is 0.151 e. The summed E-state index contributed by atoms with van der Waals surface area (Å²) < 4.78 is 5.76. The van der Waals surface area contributed by atoms with Crippen LogP contribution in [0.1, 0.15) is 19.3 Å². The van der Waals surface area contributed by atoms with Gasteiger partial charge in [0.05, 0.1) is 6.10 Å². The van der Waals surface area contributed by atoms with Gasteiger partial charge in [-0.25, -0.2) is 0 Å². The van der Waals surface area contributed by atoms with Gasteiger partial charge in [-0.05, 0) is 37.9 Å². The Morgan fingerprint density at radius 2 is 2.24 bits per heavy atom. The van der Waals surface area contributed by atoms with E-state index in [-0.39, 0.29) is 0 Å². The van der Waals surface area contributed by atoms with E-state index in [1.807, 2.05) is 12.1 Å². The summed E-state index contributed by atoms with van der Waals surface area (Å²) in [6.45, 7) is 3.47. The van der Waals surface area contributed by atoms with Crippen molar-refractivity contribution in [3.05, 3.63) is 18.3 Å². The van der Waals surface area contributed by atoms with Crippen LogP contribution in [0.5, 0.6) is 0 Å². The summed E-state index contributed by atoms with van der Waals surface area (Å²) in [4.78, 5) is 2.26. The molecule has 0 bridgehead atoms. The summed E-state index contributed by atoms with van der Waals surface area (Å²) in [7, 11) is 0. The number of piperidine rings is 1. The van der Waals surface area contributed by atoms with Crippen molar-refractivity contribution in [1.29, 1.82) is 0 Å². The van der Waals surface area contributed by atoms with Gasteiger partial charge in [0.25, 0.3) is 0 Å². The average molecular weight is 236 g/mol. The molecule has 1 aliphatic heterocycles. The minimum Gasteiger partial charge on any atom is -0.378 e. The van der Waals surface area contributed by atoms with Crippen molar-refractivity contribution in [2.24, 2.45) is 5.73 Å². The Morgan fingerprint density at radius 3 is 2.88 bits per heavy atom. The molecule has 1 fully saturated rings. The molecule has 0 atom stereocenters. The first-order chi connectivity index (χ1) is 8.40. The maximum absolute atomic E-state index is 5.76. The molecule has 0 amide bonds. The summed E-state index contributed by atoms with van der Waals surface area (Å²) in [6.07, 6.45) is 5.15. The summed E-state index contributed by atoms with van der Waals surface area (Å²) in [6, 6.07) is 3.93. The van der Waals surface area contributed by atoms with Gasteiger partial charge in [-0.15, -0.1) is 5.10 Å². The minimum absolute atomic E-state index is 0.384. The highest BCUT2D eigenvalue weighted by Crippen LogP contribution is 2.18. The lowest BCUT2D eigenvalue weighted by Crippen LogP contribution is -2.37. The van der Waals surface area contributed by atoms with Gasteiger partial charge in [0.1, 0.15) is 0 Å². The molecule has 0 unspecified atom stereocenters. The highest BCUT2D eigenvalue weighted by Gasteiger charge is 2.20. The maximum atomic E-state index is 5.76. The molecule has 2 heterocycles. The topological polar surface area (TPSA) is 64.3 Å². The first kappa shape index (κ1) is 12.3. The number of ether oxygens (including phenoxy) is 1. The fourth-order valence-corrected chi connectivity index (χ4v) is 2.05. The van der Waals surface area contributed by atoms with Gasteiger partial charge in [0.2, 0.25) is 0 Å². The van der Waals surface area contributed by atoms with E-state index in [0.29, 0.717) is 12.6 Å². The van der Waals surface area contributed by atoms with Crippen LogP contribution in [0.3, 0.4) is 0 Å². The van der Waals surface area contributed by atoms with Gasteiger partial charge in [0, 0.05) is 25.9 Å². The highest BCUT2D eigenvalue weighted by atomic mass is 16.5. The molecule has 1 aromatic rings. The van der Waals surface area contributed by atoms with Crippen LogP contribution in [0.25, 0.3) is 0 Å². The van der Waals surface area contributed by atoms with Crippen molar-refractivity contribution < 1.29 is 4.74 Å². The van der Waals surface area contributed by atoms with Gasteiger partial charge in [-0.1, -0.05) is 0 Å². The third-order valence-corrected chi connectivity index (χ3v) is 3.03. The Kier molecular flexibility index (Phi) is 4.70. The standard InChI is InChI=1S/C12H20N4O/c13-6-2-10-17-11-4-8-16(9-5-11)12-3-1-7-14-15-12/h1,3,7,11H,2,4-6,8-10,13H2. The zero-order chi connectivity index (χ0) is 11.9. The van der Waals surface area contributed by atoms with Crippen LogP contribution in [0.15, 0.2) is 18.3 Å². The van der Waals surface area contributed by atoms with E-state index in [1.54, 1.807) is 6.20 Å². The van der Waals surface area contributed by atoms with Crippen LogP contribution in [0.4, 0.5) is 5.82 Å². The first-order valence-corrected chi connectivity index (χ1v) is 6.24. The molecule has 1 saturated heterocycles. The monoisotopic (exact) mass is 236 g/mol. The highest BCUT2D eigenvalue weighted by molar-refractivity contribution is 5.36. The Morgan fingerprint density at radius 1 is 1.41 bits per heavy atom. The Labute approximate surface area is 102 Å². The SMILES string of the molecule is NCCCOC1CCN(c2cccnn2)CC1. The zero-order valence-electron chi connectivity index (χ0n) is 10.1. The van der Waals surface area contributed by atoms with Crippen molar-refractivity contribution in [3.63, 3.8) is 0 Å². The molecule has 0 aromatic carbocycles.